The molecule has 0 radical (unpaired) electrons. The van der Waals surface area contributed by atoms with Gasteiger partial charge in [-0.2, -0.15) is 0 Å². The van der Waals surface area contributed by atoms with E-state index in [9.17, 15) is 9.59 Å². The lowest BCUT2D eigenvalue weighted by Crippen LogP contribution is -2.42. The van der Waals surface area contributed by atoms with Crippen molar-refractivity contribution >= 4 is 23.4 Å². The fraction of sp³-hybridized carbons (Fsp3) is 0.529. The molecule has 0 heterocycles. The van der Waals surface area contributed by atoms with Crippen molar-refractivity contribution in [3.05, 3.63) is 22.7 Å². The van der Waals surface area contributed by atoms with Crippen LogP contribution in [-0.2, 0) is 4.79 Å². The van der Waals surface area contributed by atoms with E-state index in [0.29, 0.717) is 35.2 Å². The molecule has 0 aliphatic heterocycles. The van der Waals surface area contributed by atoms with E-state index in [1.165, 1.54) is 18.1 Å². The number of hydrogen-bond acceptors (Lipinski definition) is 4. The molecule has 0 unspecified atom stereocenters. The monoisotopic (exact) mass is 356 g/mol. The molecule has 24 heavy (non-hydrogen) atoms. The lowest BCUT2D eigenvalue weighted by molar-refractivity contribution is -0.122. The van der Waals surface area contributed by atoms with Gasteiger partial charge in [-0.25, -0.2) is 0 Å². The van der Waals surface area contributed by atoms with Gasteiger partial charge in [-0.15, -0.1) is 0 Å². The Morgan fingerprint density at radius 3 is 2.46 bits per heavy atom. The van der Waals surface area contributed by atoms with E-state index in [4.69, 9.17) is 21.1 Å². The molecule has 1 rings (SSSR count). The molecule has 7 heteroatoms. The number of hydrogen-bond donors (Lipinski definition) is 1. The van der Waals surface area contributed by atoms with Crippen LogP contribution in [0.5, 0.6) is 11.5 Å². The maximum atomic E-state index is 12.7. The maximum absolute atomic E-state index is 12.7. The summed E-state index contributed by atoms with van der Waals surface area (Å²) in [6.07, 6.45) is 0. The maximum Gasteiger partial charge on any atom is 0.254 e. The third-order valence-corrected chi connectivity index (χ3v) is 3.50. The lowest BCUT2D eigenvalue weighted by Gasteiger charge is -2.22. The van der Waals surface area contributed by atoms with Gasteiger partial charge in [-0.3, -0.25) is 9.59 Å². The molecule has 0 bridgehead atoms. The second kappa shape index (κ2) is 9.37. The fourth-order valence-electron chi connectivity index (χ4n) is 2.18. The van der Waals surface area contributed by atoms with Gasteiger partial charge in [-0.05, 0) is 39.8 Å². The molecule has 0 aliphatic carbocycles. The molecule has 1 aromatic carbocycles. The minimum absolute atomic E-state index is 0.0132. The quantitative estimate of drug-likeness (QED) is 0.777. The second-order valence-electron chi connectivity index (χ2n) is 5.46. The molecular weight excluding hydrogens is 332 g/mol. The van der Waals surface area contributed by atoms with Crippen LogP contribution >= 0.6 is 11.6 Å². The topological polar surface area (TPSA) is 67.9 Å². The molecule has 6 nitrogen and oxygen atoms in total. The summed E-state index contributed by atoms with van der Waals surface area (Å²) in [5.74, 6) is 0.290. The van der Waals surface area contributed by atoms with Crippen LogP contribution in [0.4, 0.5) is 0 Å². The van der Waals surface area contributed by atoms with E-state index < -0.39 is 0 Å². The Labute approximate surface area is 148 Å². The highest BCUT2D eigenvalue weighted by Gasteiger charge is 2.21. The number of nitrogens with zero attached hydrogens (tertiary/aromatic N) is 1. The molecule has 0 atom stereocenters. The largest absolute Gasteiger partial charge is 0.493 e. The van der Waals surface area contributed by atoms with Crippen LogP contribution in [-0.4, -0.2) is 49.6 Å². The zero-order valence-electron chi connectivity index (χ0n) is 14.8. The molecule has 0 saturated carbocycles. The van der Waals surface area contributed by atoms with Crippen molar-refractivity contribution in [2.75, 3.05) is 26.8 Å². The van der Waals surface area contributed by atoms with Gasteiger partial charge >= 0.3 is 0 Å². The molecule has 1 N–H and O–H groups in total. The summed E-state index contributed by atoms with van der Waals surface area (Å²) in [6, 6.07) is 3.12. The third-order valence-electron chi connectivity index (χ3n) is 3.22. The van der Waals surface area contributed by atoms with E-state index in [1.807, 2.05) is 27.7 Å². The van der Waals surface area contributed by atoms with Crippen LogP contribution in [0.3, 0.4) is 0 Å². The minimum Gasteiger partial charge on any atom is -0.493 e. The van der Waals surface area contributed by atoms with Crippen LogP contribution < -0.4 is 14.8 Å². The van der Waals surface area contributed by atoms with Crippen molar-refractivity contribution < 1.29 is 19.1 Å². The zero-order valence-corrected chi connectivity index (χ0v) is 15.6. The fourth-order valence-corrected chi connectivity index (χ4v) is 2.44. The summed E-state index contributed by atoms with van der Waals surface area (Å²) < 4.78 is 10.7. The average molecular weight is 357 g/mol. The Balaban J connectivity index is 3.03. The number of carbonyl (C=O) groups excluding carboxylic acids is 2. The number of nitrogens with one attached hydrogen (secondary N) is 1. The number of halogens is 1. The molecule has 0 saturated heterocycles. The van der Waals surface area contributed by atoms with E-state index >= 15 is 0 Å². The summed E-state index contributed by atoms with van der Waals surface area (Å²) in [6.45, 7) is 8.20. The van der Waals surface area contributed by atoms with Crippen molar-refractivity contribution in [1.29, 1.82) is 0 Å². The summed E-state index contributed by atoms with van der Waals surface area (Å²) in [5, 5.41) is 3.06. The van der Waals surface area contributed by atoms with Gasteiger partial charge in [0.1, 0.15) is 0 Å². The number of ether oxygens (including phenoxy) is 2. The third kappa shape index (κ3) is 5.30. The summed E-state index contributed by atoms with van der Waals surface area (Å²) in [5.41, 5.74) is 0.347. The molecule has 0 spiro atoms. The van der Waals surface area contributed by atoms with Crippen molar-refractivity contribution in [1.82, 2.24) is 10.2 Å². The number of methoxy groups -OCH3 is 1. The van der Waals surface area contributed by atoms with Crippen molar-refractivity contribution in [2.24, 2.45) is 0 Å². The highest BCUT2D eigenvalue weighted by atomic mass is 35.5. The van der Waals surface area contributed by atoms with Gasteiger partial charge in [0, 0.05) is 18.2 Å². The van der Waals surface area contributed by atoms with E-state index in [1.54, 1.807) is 6.07 Å². The van der Waals surface area contributed by atoms with Crippen molar-refractivity contribution in [3.8, 4) is 11.5 Å². The minimum atomic E-state index is -0.292. The first kappa shape index (κ1) is 20.1. The van der Waals surface area contributed by atoms with Crippen LogP contribution in [0.15, 0.2) is 12.1 Å². The highest BCUT2D eigenvalue weighted by molar-refractivity contribution is 6.32. The summed E-state index contributed by atoms with van der Waals surface area (Å²) in [7, 11) is 1.48. The lowest BCUT2D eigenvalue weighted by atomic mass is 10.1. The summed E-state index contributed by atoms with van der Waals surface area (Å²) in [4.78, 5) is 26.0. The standard InChI is InChI=1S/C17H25ClN2O4/c1-6-20(10-15(21)19-11(3)4)17(22)12-8-13(18)16(24-7-2)14(9-12)23-5/h8-9,11H,6-7,10H2,1-5H3,(H,19,21). The van der Waals surface area contributed by atoms with Gasteiger partial charge in [0.2, 0.25) is 5.91 Å². The predicted octanol–water partition coefficient (Wildman–Crippen LogP) is 2.73. The molecule has 0 aromatic heterocycles. The molecular formula is C17H25ClN2O4. The Morgan fingerprint density at radius 2 is 1.96 bits per heavy atom. The number of likely N-dealkylation sites (N-methyl/N-ethyl adjacent to an activating group) is 1. The van der Waals surface area contributed by atoms with Gasteiger partial charge in [0.15, 0.2) is 11.5 Å². The smallest absolute Gasteiger partial charge is 0.254 e. The normalized spacial score (nSPS) is 10.5. The van der Waals surface area contributed by atoms with E-state index in [0.717, 1.165) is 0 Å². The SMILES string of the molecule is CCOc1c(Cl)cc(C(=O)N(CC)CC(=O)NC(C)C)cc1OC. The van der Waals surface area contributed by atoms with Crippen molar-refractivity contribution in [3.63, 3.8) is 0 Å². The predicted molar refractivity (Wildman–Crippen MR) is 94.0 cm³/mol. The first-order valence-electron chi connectivity index (χ1n) is 7.92. The van der Waals surface area contributed by atoms with E-state index in [2.05, 4.69) is 5.32 Å². The van der Waals surface area contributed by atoms with Gasteiger partial charge in [-0.1, -0.05) is 11.6 Å². The van der Waals surface area contributed by atoms with Gasteiger partial charge < -0.3 is 19.7 Å². The van der Waals surface area contributed by atoms with Crippen LogP contribution in [0, 0.1) is 0 Å². The number of benzene rings is 1. The van der Waals surface area contributed by atoms with Crippen molar-refractivity contribution in [2.45, 2.75) is 33.7 Å². The average Bonchev–Trinajstić information content (AvgIpc) is 2.52. The van der Waals surface area contributed by atoms with Gasteiger partial charge in [0.05, 0.1) is 25.3 Å². The number of amides is 2. The molecule has 0 aliphatic rings. The molecule has 134 valence electrons. The van der Waals surface area contributed by atoms with Crippen LogP contribution in [0.1, 0.15) is 38.1 Å². The molecule has 2 amide bonds. The van der Waals surface area contributed by atoms with Gasteiger partial charge in [0.25, 0.3) is 5.91 Å². The Hall–Kier alpha value is -1.95. The number of carbonyl (C=O) groups is 2. The Morgan fingerprint density at radius 1 is 1.29 bits per heavy atom. The van der Waals surface area contributed by atoms with Crippen LogP contribution in [0.2, 0.25) is 5.02 Å². The molecule has 1 aromatic rings. The van der Waals surface area contributed by atoms with Crippen LogP contribution in [0.25, 0.3) is 0 Å². The summed E-state index contributed by atoms with van der Waals surface area (Å²) >= 11 is 6.20. The first-order valence-corrected chi connectivity index (χ1v) is 8.30. The Kier molecular flexibility index (Phi) is 7.85. The second-order valence-corrected chi connectivity index (χ2v) is 5.87. The Bertz CT molecular complexity index is 590. The zero-order chi connectivity index (χ0) is 18.3. The first-order chi connectivity index (χ1) is 11.3. The highest BCUT2D eigenvalue weighted by Crippen LogP contribution is 2.36. The van der Waals surface area contributed by atoms with E-state index in [-0.39, 0.29) is 24.4 Å². The molecule has 0 fully saturated rings. The number of rotatable bonds is 8.